The quantitative estimate of drug-likeness (QED) is 0.486. The number of pyridine rings is 2. The van der Waals surface area contributed by atoms with Gasteiger partial charge in [0.2, 0.25) is 5.95 Å². The first-order valence-electron chi connectivity index (χ1n) is 10.5. The van der Waals surface area contributed by atoms with Crippen molar-refractivity contribution in [2.45, 2.75) is 32.9 Å². The van der Waals surface area contributed by atoms with E-state index in [9.17, 15) is 5.26 Å². The second-order valence-electron chi connectivity index (χ2n) is 8.85. The van der Waals surface area contributed by atoms with Crippen LogP contribution >= 0.6 is 0 Å². The molecule has 0 radical (unpaired) electrons. The number of ether oxygens (including phenoxy) is 1. The van der Waals surface area contributed by atoms with E-state index in [0.29, 0.717) is 45.8 Å². The first-order valence-corrected chi connectivity index (χ1v) is 10.5. The lowest BCUT2D eigenvalue weighted by Crippen LogP contribution is -2.40. The molecule has 168 valence electrons. The highest BCUT2D eigenvalue weighted by atomic mass is 16.5. The summed E-state index contributed by atoms with van der Waals surface area (Å²) >= 11 is 0. The number of fused-ring (bicyclic) bond motifs is 2. The topological polar surface area (TPSA) is 136 Å². The summed E-state index contributed by atoms with van der Waals surface area (Å²) in [5, 5.41) is 17.8. The van der Waals surface area contributed by atoms with E-state index in [1.54, 1.807) is 16.7 Å². The van der Waals surface area contributed by atoms with E-state index in [2.05, 4.69) is 57.1 Å². The maximum Gasteiger partial charge on any atom is 0.210 e. The van der Waals surface area contributed by atoms with Crippen LogP contribution in [0.15, 0.2) is 30.6 Å². The molecular weight excluding hydrogens is 420 g/mol. The molecule has 1 aliphatic rings. The molecule has 4 aromatic rings. The Morgan fingerprint density at radius 1 is 1.21 bits per heavy atom. The molecule has 0 aromatic carbocycles. The normalized spacial score (nSPS) is 13.2. The Balaban J connectivity index is 1.49. The van der Waals surface area contributed by atoms with Crippen LogP contribution < -0.4 is 20.7 Å². The summed E-state index contributed by atoms with van der Waals surface area (Å²) in [6.45, 7) is 8.31. The molecule has 11 heteroatoms. The van der Waals surface area contributed by atoms with Gasteiger partial charge < -0.3 is 25.3 Å². The molecule has 11 nitrogen and oxygen atoms in total. The minimum Gasteiger partial charge on any atom is -0.454 e. The van der Waals surface area contributed by atoms with E-state index in [4.69, 9.17) is 10.5 Å². The van der Waals surface area contributed by atoms with Gasteiger partial charge in [-0.05, 0) is 26.8 Å². The molecule has 1 aliphatic heterocycles. The van der Waals surface area contributed by atoms with Crippen LogP contribution in [0.1, 0.15) is 26.3 Å². The standard InChI is InChI=1S/C22H24N10O/c1-22(2,3)31-7-8-32-18(31)10-17(29-32)27-21-28-20-19(30(21)4)14(11-23)15(12-26-20)33-13-5-6-25-16(24)9-13/h5-6,9-10,12H,7-8H2,1-4H3,(H2,24,25)(H,26,27,28,29). The van der Waals surface area contributed by atoms with Crippen molar-refractivity contribution in [3.8, 4) is 17.6 Å². The average Bonchev–Trinajstić information content (AvgIpc) is 3.41. The number of aryl methyl sites for hydroxylation is 1. The maximum atomic E-state index is 9.88. The van der Waals surface area contributed by atoms with Crippen molar-refractivity contribution in [2.75, 3.05) is 22.5 Å². The Kier molecular flexibility index (Phi) is 4.59. The van der Waals surface area contributed by atoms with E-state index in [1.807, 2.05) is 17.8 Å². The van der Waals surface area contributed by atoms with Crippen molar-refractivity contribution in [3.63, 3.8) is 0 Å². The van der Waals surface area contributed by atoms with Crippen molar-refractivity contribution in [3.05, 3.63) is 36.2 Å². The van der Waals surface area contributed by atoms with Gasteiger partial charge in [0.1, 0.15) is 34.5 Å². The lowest BCUT2D eigenvalue weighted by atomic mass is 10.1. The molecule has 0 atom stereocenters. The van der Waals surface area contributed by atoms with Crippen molar-refractivity contribution in [2.24, 2.45) is 7.05 Å². The molecule has 0 saturated carbocycles. The lowest BCUT2D eigenvalue weighted by molar-refractivity contribution is 0.479. The number of nitrogens with zero attached hydrogens (tertiary/aromatic N) is 8. The van der Waals surface area contributed by atoms with E-state index in [-0.39, 0.29) is 5.54 Å². The molecule has 0 spiro atoms. The number of rotatable bonds is 4. The summed E-state index contributed by atoms with van der Waals surface area (Å²) in [4.78, 5) is 15.2. The second-order valence-corrected chi connectivity index (χ2v) is 8.85. The van der Waals surface area contributed by atoms with Crippen molar-refractivity contribution < 1.29 is 4.74 Å². The minimum absolute atomic E-state index is 0.00492. The molecule has 4 aromatic heterocycles. The first kappa shape index (κ1) is 20.6. The summed E-state index contributed by atoms with van der Waals surface area (Å²) in [5.41, 5.74) is 7.05. The molecule has 5 rings (SSSR count). The number of nitriles is 1. The van der Waals surface area contributed by atoms with Crippen LogP contribution in [0.25, 0.3) is 11.2 Å². The molecule has 0 amide bonds. The number of hydrogen-bond acceptors (Lipinski definition) is 9. The smallest absolute Gasteiger partial charge is 0.210 e. The van der Waals surface area contributed by atoms with E-state index >= 15 is 0 Å². The molecule has 0 fully saturated rings. The summed E-state index contributed by atoms with van der Waals surface area (Å²) in [6.07, 6.45) is 3.03. The molecule has 0 bridgehead atoms. The highest BCUT2D eigenvalue weighted by molar-refractivity contribution is 5.84. The van der Waals surface area contributed by atoms with Gasteiger partial charge in [0, 0.05) is 37.5 Å². The van der Waals surface area contributed by atoms with Crippen LogP contribution in [-0.2, 0) is 13.6 Å². The summed E-state index contributed by atoms with van der Waals surface area (Å²) in [6, 6.07) is 7.48. The van der Waals surface area contributed by atoms with Gasteiger partial charge in [0.25, 0.3) is 0 Å². The molecule has 33 heavy (non-hydrogen) atoms. The number of aromatic nitrogens is 6. The predicted octanol–water partition coefficient (Wildman–Crippen LogP) is 3.17. The third-order valence-electron chi connectivity index (χ3n) is 5.58. The Bertz CT molecular complexity index is 1410. The lowest BCUT2D eigenvalue weighted by Gasteiger charge is -2.32. The van der Waals surface area contributed by atoms with Gasteiger partial charge in [0.15, 0.2) is 17.2 Å². The SMILES string of the molecule is Cn1c(Nc2cc3n(n2)CCN3C(C)(C)C)nc2ncc(Oc3ccnc(N)c3)c(C#N)c21. The summed E-state index contributed by atoms with van der Waals surface area (Å²) in [7, 11) is 1.82. The van der Waals surface area contributed by atoms with E-state index in [0.717, 1.165) is 18.9 Å². The molecule has 0 unspecified atom stereocenters. The van der Waals surface area contributed by atoms with Gasteiger partial charge in [-0.25, -0.2) is 14.6 Å². The van der Waals surface area contributed by atoms with Crippen LogP contribution in [0.5, 0.6) is 11.5 Å². The zero-order chi connectivity index (χ0) is 23.3. The monoisotopic (exact) mass is 444 g/mol. The fourth-order valence-corrected chi connectivity index (χ4v) is 4.02. The number of hydrogen-bond donors (Lipinski definition) is 2. The maximum absolute atomic E-state index is 9.88. The van der Waals surface area contributed by atoms with Gasteiger partial charge in [0.05, 0.1) is 12.7 Å². The molecule has 0 saturated heterocycles. The molecule has 3 N–H and O–H groups in total. The zero-order valence-electron chi connectivity index (χ0n) is 18.9. The third kappa shape index (κ3) is 3.55. The first-order chi connectivity index (χ1) is 15.7. The molecular formula is C22H24N10O. The predicted molar refractivity (Wildman–Crippen MR) is 125 cm³/mol. The van der Waals surface area contributed by atoms with E-state index < -0.39 is 0 Å². The van der Waals surface area contributed by atoms with Crippen LogP contribution in [-0.4, -0.2) is 41.4 Å². The number of imidazole rings is 1. The fraction of sp³-hybridized carbons (Fsp3) is 0.318. The number of nitrogen functional groups attached to an aromatic ring is 1. The summed E-state index contributed by atoms with van der Waals surface area (Å²) in [5.74, 6) is 3.37. The molecule has 5 heterocycles. The van der Waals surface area contributed by atoms with E-state index in [1.165, 1.54) is 12.4 Å². The number of nitrogens with two attached hydrogens (primary N) is 1. The number of nitrogens with one attached hydrogen (secondary N) is 1. The highest BCUT2D eigenvalue weighted by Gasteiger charge is 2.30. The van der Waals surface area contributed by atoms with Crippen molar-refractivity contribution in [1.82, 2.24) is 29.3 Å². The Morgan fingerprint density at radius 2 is 2.03 bits per heavy atom. The Labute approximate surface area is 190 Å². The third-order valence-corrected chi connectivity index (χ3v) is 5.58. The molecule has 0 aliphatic carbocycles. The minimum atomic E-state index is 0.00492. The number of anilines is 4. The van der Waals surface area contributed by atoms with Crippen LogP contribution in [0.2, 0.25) is 0 Å². The average molecular weight is 445 g/mol. The van der Waals surface area contributed by atoms with Gasteiger partial charge in [-0.1, -0.05) is 0 Å². The summed E-state index contributed by atoms with van der Waals surface area (Å²) < 4.78 is 9.64. The van der Waals surface area contributed by atoms with Crippen LogP contribution in [0.3, 0.4) is 0 Å². The second kappa shape index (κ2) is 7.37. The zero-order valence-corrected chi connectivity index (χ0v) is 18.9. The van der Waals surface area contributed by atoms with Crippen molar-refractivity contribution in [1.29, 1.82) is 5.26 Å². The van der Waals surface area contributed by atoms with Crippen LogP contribution in [0, 0.1) is 11.3 Å². The Hall–Kier alpha value is -4.33. The van der Waals surface area contributed by atoms with Gasteiger partial charge in [-0.2, -0.15) is 15.3 Å². The largest absolute Gasteiger partial charge is 0.454 e. The van der Waals surface area contributed by atoms with Gasteiger partial charge >= 0.3 is 0 Å². The Morgan fingerprint density at radius 3 is 2.76 bits per heavy atom. The van der Waals surface area contributed by atoms with Gasteiger partial charge in [-0.15, -0.1) is 0 Å². The fourth-order valence-electron chi connectivity index (χ4n) is 4.02. The van der Waals surface area contributed by atoms with Crippen LogP contribution in [0.4, 0.5) is 23.4 Å². The highest BCUT2D eigenvalue weighted by Crippen LogP contribution is 2.34. The van der Waals surface area contributed by atoms with Gasteiger partial charge in [-0.3, -0.25) is 0 Å². The van der Waals surface area contributed by atoms with Crippen molar-refractivity contribution >= 4 is 34.6 Å².